The van der Waals surface area contributed by atoms with E-state index >= 15 is 0 Å². The topological polar surface area (TPSA) is 67.9 Å². The van der Waals surface area contributed by atoms with Crippen LogP contribution in [0, 0.1) is 5.92 Å². The first-order valence-corrected chi connectivity index (χ1v) is 8.27. The standard InChI is InChI=1S/C14H23N3O2S/c1-9(2)13-15-14(17-16-13)20-8-12(18)19-11-6-4-10(3)5-7-11/h9-11H,4-8H2,1-3H3,(H,15,16,17). The predicted molar refractivity (Wildman–Crippen MR) is 78.7 cm³/mol. The molecular formula is C14H23N3O2S. The van der Waals surface area contributed by atoms with E-state index in [9.17, 15) is 4.79 Å². The molecule has 112 valence electrons. The Morgan fingerprint density at radius 1 is 1.40 bits per heavy atom. The molecule has 1 aliphatic rings. The highest BCUT2D eigenvalue weighted by atomic mass is 32.2. The second kappa shape index (κ2) is 7.11. The Kier molecular flexibility index (Phi) is 5.46. The molecule has 6 heteroatoms. The molecule has 1 saturated carbocycles. The summed E-state index contributed by atoms with van der Waals surface area (Å²) in [5, 5.41) is 7.58. The average Bonchev–Trinajstić information content (AvgIpc) is 2.88. The number of nitrogens with one attached hydrogen (secondary N) is 1. The minimum absolute atomic E-state index is 0.109. The average molecular weight is 297 g/mol. The zero-order chi connectivity index (χ0) is 14.5. The smallest absolute Gasteiger partial charge is 0.316 e. The largest absolute Gasteiger partial charge is 0.462 e. The summed E-state index contributed by atoms with van der Waals surface area (Å²) < 4.78 is 5.49. The van der Waals surface area contributed by atoms with Crippen LogP contribution in [0.3, 0.4) is 0 Å². The summed E-state index contributed by atoms with van der Waals surface area (Å²) in [6.07, 6.45) is 4.41. The van der Waals surface area contributed by atoms with Crippen molar-refractivity contribution in [1.82, 2.24) is 15.2 Å². The molecule has 1 aromatic heterocycles. The van der Waals surface area contributed by atoms with Crippen molar-refractivity contribution in [1.29, 1.82) is 0 Å². The molecule has 0 atom stereocenters. The number of carbonyl (C=O) groups excluding carboxylic acids is 1. The van der Waals surface area contributed by atoms with Crippen LogP contribution in [0.5, 0.6) is 0 Å². The van der Waals surface area contributed by atoms with Gasteiger partial charge in [0.15, 0.2) is 0 Å². The molecule has 0 bridgehead atoms. The number of ether oxygens (including phenoxy) is 1. The Bertz CT molecular complexity index is 439. The minimum atomic E-state index is -0.162. The van der Waals surface area contributed by atoms with Gasteiger partial charge in [-0.2, -0.15) is 0 Å². The first-order valence-electron chi connectivity index (χ1n) is 7.29. The summed E-state index contributed by atoms with van der Waals surface area (Å²) in [5.41, 5.74) is 0. The number of aromatic nitrogens is 3. The van der Waals surface area contributed by atoms with E-state index in [4.69, 9.17) is 4.74 Å². The Labute approximate surface area is 124 Å². The van der Waals surface area contributed by atoms with Crippen LogP contribution in [0.15, 0.2) is 5.16 Å². The molecule has 1 heterocycles. The molecule has 2 rings (SSSR count). The highest BCUT2D eigenvalue weighted by molar-refractivity contribution is 7.99. The van der Waals surface area contributed by atoms with Crippen LogP contribution in [0.1, 0.15) is 58.2 Å². The summed E-state index contributed by atoms with van der Waals surface area (Å²) in [5.74, 6) is 2.05. The van der Waals surface area contributed by atoms with Crippen LogP contribution in [0.4, 0.5) is 0 Å². The fraction of sp³-hybridized carbons (Fsp3) is 0.786. The van der Waals surface area contributed by atoms with E-state index in [-0.39, 0.29) is 17.8 Å². The summed E-state index contributed by atoms with van der Waals surface area (Å²) >= 11 is 1.33. The van der Waals surface area contributed by atoms with Gasteiger partial charge in [0, 0.05) is 5.92 Å². The van der Waals surface area contributed by atoms with Crippen LogP contribution in [0.2, 0.25) is 0 Å². The number of aromatic amines is 1. The molecule has 1 N–H and O–H groups in total. The van der Waals surface area contributed by atoms with Gasteiger partial charge in [0.25, 0.3) is 0 Å². The van der Waals surface area contributed by atoms with E-state index < -0.39 is 0 Å². The van der Waals surface area contributed by atoms with Gasteiger partial charge < -0.3 is 4.74 Å². The Hall–Kier alpha value is -1.04. The van der Waals surface area contributed by atoms with E-state index in [0.29, 0.717) is 11.1 Å². The first-order chi connectivity index (χ1) is 9.54. The summed E-state index contributed by atoms with van der Waals surface area (Å²) in [6.45, 7) is 6.35. The van der Waals surface area contributed by atoms with Crippen molar-refractivity contribution < 1.29 is 9.53 Å². The van der Waals surface area contributed by atoms with Gasteiger partial charge in [-0.15, -0.1) is 5.10 Å². The lowest BCUT2D eigenvalue weighted by Crippen LogP contribution is -2.24. The van der Waals surface area contributed by atoms with Gasteiger partial charge in [0.2, 0.25) is 5.16 Å². The normalized spacial score (nSPS) is 23.0. The molecule has 0 spiro atoms. The quantitative estimate of drug-likeness (QED) is 0.668. The van der Waals surface area contributed by atoms with Crippen LogP contribution in [0.25, 0.3) is 0 Å². The molecule has 0 aromatic carbocycles. The van der Waals surface area contributed by atoms with Crippen molar-refractivity contribution in [2.45, 2.75) is 63.6 Å². The highest BCUT2D eigenvalue weighted by Gasteiger charge is 2.21. The third-order valence-corrected chi connectivity index (χ3v) is 4.43. The third-order valence-electron chi connectivity index (χ3n) is 3.61. The molecule has 0 saturated heterocycles. The number of H-pyrrole nitrogens is 1. The van der Waals surface area contributed by atoms with E-state index in [0.717, 1.165) is 37.4 Å². The zero-order valence-corrected chi connectivity index (χ0v) is 13.2. The zero-order valence-electron chi connectivity index (χ0n) is 12.4. The summed E-state index contributed by atoms with van der Waals surface area (Å²) in [7, 11) is 0. The predicted octanol–water partition coefficient (Wildman–Crippen LogP) is 3.14. The summed E-state index contributed by atoms with van der Waals surface area (Å²) in [4.78, 5) is 16.1. The van der Waals surface area contributed by atoms with Crippen LogP contribution < -0.4 is 0 Å². The molecule has 0 radical (unpaired) electrons. The van der Waals surface area contributed by atoms with Crippen LogP contribution >= 0.6 is 11.8 Å². The van der Waals surface area contributed by atoms with Gasteiger partial charge in [-0.05, 0) is 31.6 Å². The molecule has 5 nitrogen and oxygen atoms in total. The van der Waals surface area contributed by atoms with Crippen molar-refractivity contribution in [3.05, 3.63) is 5.82 Å². The second-order valence-corrected chi connectivity index (χ2v) is 6.76. The second-order valence-electron chi connectivity index (χ2n) is 5.82. The Morgan fingerprint density at radius 2 is 2.10 bits per heavy atom. The van der Waals surface area contributed by atoms with Crippen molar-refractivity contribution in [2.24, 2.45) is 5.92 Å². The lowest BCUT2D eigenvalue weighted by molar-refractivity contribution is -0.147. The molecule has 0 aliphatic heterocycles. The van der Waals surface area contributed by atoms with E-state index in [2.05, 4.69) is 22.1 Å². The maximum Gasteiger partial charge on any atom is 0.316 e. The maximum atomic E-state index is 11.8. The fourth-order valence-electron chi connectivity index (χ4n) is 2.27. The van der Waals surface area contributed by atoms with E-state index in [1.165, 1.54) is 11.8 Å². The number of nitrogens with zero attached hydrogens (tertiary/aromatic N) is 2. The van der Waals surface area contributed by atoms with Gasteiger partial charge in [-0.25, -0.2) is 4.98 Å². The highest BCUT2D eigenvalue weighted by Crippen LogP contribution is 2.26. The number of hydrogen-bond donors (Lipinski definition) is 1. The molecular weight excluding hydrogens is 274 g/mol. The van der Waals surface area contributed by atoms with E-state index in [1.54, 1.807) is 0 Å². The molecule has 0 amide bonds. The monoisotopic (exact) mass is 297 g/mol. The number of hydrogen-bond acceptors (Lipinski definition) is 5. The molecule has 1 aromatic rings. The van der Waals surface area contributed by atoms with Gasteiger partial charge in [0.05, 0.1) is 5.75 Å². The molecule has 1 aliphatic carbocycles. The van der Waals surface area contributed by atoms with E-state index in [1.807, 2.05) is 13.8 Å². The molecule has 0 unspecified atom stereocenters. The summed E-state index contributed by atoms with van der Waals surface area (Å²) in [6, 6.07) is 0. The lowest BCUT2D eigenvalue weighted by Gasteiger charge is -2.25. The van der Waals surface area contributed by atoms with Crippen LogP contribution in [-0.2, 0) is 9.53 Å². The van der Waals surface area contributed by atoms with Crippen molar-refractivity contribution >= 4 is 17.7 Å². The number of rotatable bonds is 5. The SMILES string of the molecule is CC1CCC(OC(=O)CSc2n[nH]c(C(C)C)n2)CC1. The fourth-order valence-corrected chi connectivity index (χ4v) is 2.86. The maximum absolute atomic E-state index is 11.8. The van der Waals surface area contributed by atoms with Gasteiger partial charge in [0.1, 0.15) is 11.9 Å². The van der Waals surface area contributed by atoms with Gasteiger partial charge >= 0.3 is 5.97 Å². The minimum Gasteiger partial charge on any atom is -0.462 e. The Balaban J connectivity index is 1.71. The van der Waals surface area contributed by atoms with Crippen molar-refractivity contribution in [3.8, 4) is 0 Å². The third kappa shape index (κ3) is 4.51. The lowest BCUT2D eigenvalue weighted by atomic mass is 9.89. The molecule has 1 fully saturated rings. The van der Waals surface area contributed by atoms with Gasteiger partial charge in [-0.1, -0.05) is 32.5 Å². The van der Waals surface area contributed by atoms with Crippen molar-refractivity contribution in [2.75, 3.05) is 5.75 Å². The molecule has 20 heavy (non-hydrogen) atoms. The first kappa shape index (κ1) is 15.4. The van der Waals surface area contributed by atoms with Gasteiger partial charge in [-0.3, -0.25) is 9.89 Å². The van der Waals surface area contributed by atoms with Crippen molar-refractivity contribution in [3.63, 3.8) is 0 Å². The Morgan fingerprint density at radius 3 is 2.70 bits per heavy atom. The van der Waals surface area contributed by atoms with Crippen LogP contribution in [-0.4, -0.2) is 33.0 Å². The number of carbonyl (C=O) groups is 1. The number of esters is 1. The number of thioether (sulfide) groups is 1.